The van der Waals surface area contributed by atoms with Gasteiger partial charge in [-0.2, -0.15) is 0 Å². The normalized spacial score (nSPS) is 28.4. The first-order valence-corrected chi connectivity index (χ1v) is 8.55. The van der Waals surface area contributed by atoms with Crippen molar-refractivity contribution < 1.29 is 9.59 Å². The minimum absolute atomic E-state index is 0.0102. The molecule has 1 aliphatic heterocycles. The minimum Gasteiger partial charge on any atom is -0.350 e. The molecule has 2 fully saturated rings. The van der Waals surface area contributed by atoms with E-state index in [9.17, 15) is 9.59 Å². The highest BCUT2D eigenvalue weighted by Crippen LogP contribution is 2.35. The summed E-state index contributed by atoms with van der Waals surface area (Å²) < 4.78 is 0. The molecule has 3 rings (SSSR count). The lowest BCUT2D eigenvalue weighted by Gasteiger charge is -2.41. The largest absolute Gasteiger partial charge is 0.350 e. The van der Waals surface area contributed by atoms with Crippen LogP contribution in [0.5, 0.6) is 0 Å². The van der Waals surface area contributed by atoms with E-state index in [0.717, 1.165) is 31.2 Å². The van der Waals surface area contributed by atoms with Gasteiger partial charge in [-0.1, -0.05) is 43.2 Å². The highest BCUT2D eigenvalue weighted by atomic mass is 16.2. The van der Waals surface area contributed by atoms with Gasteiger partial charge in [-0.3, -0.25) is 15.0 Å². The van der Waals surface area contributed by atoms with Gasteiger partial charge in [0.1, 0.15) is 0 Å². The molecule has 5 nitrogen and oxygen atoms in total. The van der Waals surface area contributed by atoms with Crippen LogP contribution in [-0.4, -0.2) is 17.9 Å². The van der Waals surface area contributed by atoms with Gasteiger partial charge in [-0.05, 0) is 31.2 Å². The summed E-state index contributed by atoms with van der Waals surface area (Å²) in [5, 5.41) is 3.06. The third-order valence-electron chi connectivity index (χ3n) is 5.14. The number of nitrogens with one attached hydrogen (secondary N) is 3. The summed E-state index contributed by atoms with van der Waals surface area (Å²) >= 11 is 0. The molecule has 0 spiro atoms. The summed E-state index contributed by atoms with van der Waals surface area (Å²) in [6, 6.07) is 9.97. The summed E-state index contributed by atoms with van der Waals surface area (Å²) in [4.78, 5) is 24.3. The highest BCUT2D eigenvalue weighted by Gasteiger charge is 2.40. The van der Waals surface area contributed by atoms with Crippen molar-refractivity contribution in [3.05, 3.63) is 35.9 Å². The summed E-state index contributed by atoms with van der Waals surface area (Å²) in [6.45, 7) is 1.99. The molecule has 1 heterocycles. The number of fused-ring (bicyclic) bond motifs is 1. The maximum absolute atomic E-state index is 12.4. The first-order chi connectivity index (χ1) is 11.1. The zero-order chi connectivity index (χ0) is 16.2. The molecule has 124 valence electrons. The second-order valence-electron chi connectivity index (χ2n) is 6.70. The van der Waals surface area contributed by atoms with Crippen LogP contribution in [0.1, 0.15) is 50.6 Å². The Balaban J connectivity index is 1.58. The van der Waals surface area contributed by atoms with Gasteiger partial charge in [-0.15, -0.1) is 0 Å². The van der Waals surface area contributed by atoms with Gasteiger partial charge >= 0.3 is 0 Å². The van der Waals surface area contributed by atoms with Gasteiger partial charge in [0, 0.05) is 18.4 Å². The predicted molar refractivity (Wildman–Crippen MR) is 88.1 cm³/mol. The molecular formula is C18H25N3O2. The van der Waals surface area contributed by atoms with Gasteiger partial charge in [-0.25, -0.2) is 5.43 Å². The molecule has 0 bridgehead atoms. The Bertz CT molecular complexity index is 561. The molecule has 0 aromatic heterocycles. The quantitative estimate of drug-likeness (QED) is 0.796. The van der Waals surface area contributed by atoms with Gasteiger partial charge in [0.2, 0.25) is 11.8 Å². The average molecular weight is 315 g/mol. The van der Waals surface area contributed by atoms with Crippen LogP contribution in [0.2, 0.25) is 0 Å². The first-order valence-electron chi connectivity index (χ1n) is 8.55. The molecule has 1 saturated carbocycles. The number of carbonyl (C=O) groups is 2. The lowest BCUT2D eigenvalue weighted by molar-refractivity contribution is -0.135. The van der Waals surface area contributed by atoms with Crippen molar-refractivity contribution in [1.82, 2.24) is 16.2 Å². The Morgan fingerprint density at radius 3 is 2.78 bits per heavy atom. The van der Waals surface area contributed by atoms with Gasteiger partial charge in [0.25, 0.3) is 0 Å². The fraction of sp³-hybridized carbons (Fsp3) is 0.556. The van der Waals surface area contributed by atoms with Gasteiger partial charge in [0.15, 0.2) is 0 Å². The van der Waals surface area contributed by atoms with Crippen LogP contribution in [0, 0.1) is 11.8 Å². The average Bonchev–Trinajstić information content (AvgIpc) is 2.58. The molecule has 1 aliphatic carbocycles. The lowest BCUT2D eigenvalue weighted by Crippen LogP contribution is -2.60. The minimum atomic E-state index is -0.0102. The standard InChI is InChI=1S/C18H25N3O2/c1-12(13-7-3-2-4-8-13)19-17(22)11-16-14-9-5-6-10-15(14)18(23)21-20-16/h2-4,7-8,12,14-16,20H,5-6,9-11H2,1H3,(H,19,22)(H,21,23). The maximum Gasteiger partial charge on any atom is 0.237 e. The van der Waals surface area contributed by atoms with Crippen LogP contribution in [0.25, 0.3) is 0 Å². The van der Waals surface area contributed by atoms with Crippen LogP contribution in [0.15, 0.2) is 30.3 Å². The molecule has 1 aromatic carbocycles. The van der Waals surface area contributed by atoms with Crippen LogP contribution >= 0.6 is 0 Å². The van der Waals surface area contributed by atoms with E-state index in [1.165, 1.54) is 0 Å². The summed E-state index contributed by atoms with van der Waals surface area (Å²) in [5.74, 6) is 0.452. The van der Waals surface area contributed by atoms with Gasteiger partial charge < -0.3 is 5.32 Å². The van der Waals surface area contributed by atoms with Crippen molar-refractivity contribution in [1.29, 1.82) is 0 Å². The van der Waals surface area contributed by atoms with Crippen molar-refractivity contribution in [2.75, 3.05) is 0 Å². The van der Waals surface area contributed by atoms with Crippen LogP contribution < -0.4 is 16.2 Å². The van der Waals surface area contributed by atoms with Crippen LogP contribution in [0.4, 0.5) is 0 Å². The molecule has 2 amide bonds. The Kier molecular flexibility index (Phi) is 4.96. The van der Waals surface area contributed by atoms with Crippen molar-refractivity contribution in [3.63, 3.8) is 0 Å². The SMILES string of the molecule is CC(NC(=O)CC1NNC(=O)C2CCCCC12)c1ccccc1. The van der Waals surface area contributed by atoms with E-state index in [2.05, 4.69) is 16.2 Å². The number of benzene rings is 1. The topological polar surface area (TPSA) is 70.2 Å². The fourth-order valence-corrected chi connectivity index (χ4v) is 3.86. The Hall–Kier alpha value is -1.88. The van der Waals surface area contributed by atoms with Crippen molar-refractivity contribution in [3.8, 4) is 0 Å². The lowest BCUT2D eigenvalue weighted by atomic mass is 9.73. The first kappa shape index (κ1) is 16.0. The molecule has 5 heteroatoms. The number of hydrogen-bond donors (Lipinski definition) is 3. The second-order valence-corrected chi connectivity index (χ2v) is 6.70. The summed E-state index contributed by atoms with van der Waals surface area (Å²) in [6.07, 6.45) is 4.62. The summed E-state index contributed by atoms with van der Waals surface area (Å²) in [7, 11) is 0. The van der Waals surface area contributed by atoms with E-state index >= 15 is 0 Å². The second kappa shape index (κ2) is 7.13. The van der Waals surface area contributed by atoms with Crippen LogP contribution in [-0.2, 0) is 9.59 Å². The molecule has 4 atom stereocenters. The molecule has 2 aliphatic rings. The van der Waals surface area contributed by atoms with Crippen LogP contribution in [0.3, 0.4) is 0 Å². The number of rotatable bonds is 4. The molecule has 0 radical (unpaired) electrons. The van der Waals surface area contributed by atoms with Gasteiger partial charge in [0.05, 0.1) is 6.04 Å². The van der Waals surface area contributed by atoms with E-state index in [-0.39, 0.29) is 35.7 Å². The molecule has 4 unspecified atom stereocenters. The Labute approximate surface area is 137 Å². The van der Waals surface area contributed by atoms with E-state index in [1.807, 2.05) is 37.3 Å². The van der Waals surface area contributed by atoms with Crippen molar-refractivity contribution in [2.24, 2.45) is 11.8 Å². The van der Waals surface area contributed by atoms with E-state index in [1.54, 1.807) is 0 Å². The van der Waals surface area contributed by atoms with Crippen molar-refractivity contribution >= 4 is 11.8 Å². The molecule has 1 saturated heterocycles. The highest BCUT2D eigenvalue weighted by molar-refractivity contribution is 5.81. The molecule has 23 heavy (non-hydrogen) atoms. The van der Waals surface area contributed by atoms with E-state index in [4.69, 9.17) is 0 Å². The smallest absolute Gasteiger partial charge is 0.237 e. The molecule has 3 N–H and O–H groups in total. The number of amides is 2. The number of hydrogen-bond acceptors (Lipinski definition) is 3. The molecule has 1 aromatic rings. The third-order valence-corrected chi connectivity index (χ3v) is 5.14. The van der Waals surface area contributed by atoms with Crippen molar-refractivity contribution in [2.45, 2.75) is 51.1 Å². The monoisotopic (exact) mass is 315 g/mol. The van der Waals surface area contributed by atoms with E-state index < -0.39 is 0 Å². The predicted octanol–water partition coefficient (Wildman–Crippen LogP) is 2.06. The maximum atomic E-state index is 12.4. The zero-order valence-electron chi connectivity index (χ0n) is 13.5. The number of carbonyl (C=O) groups excluding carboxylic acids is 2. The third kappa shape index (κ3) is 3.72. The fourth-order valence-electron chi connectivity index (χ4n) is 3.86. The summed E-state index contributed by atoms with van der Waals surface area (Å²) in [5.41, 5.74) is 6.90. The zero-order valence-corrected chi connectivity index (χ0v) is 13.5. The number of hydrazine groups is 1. The Morgan fingerprint density at radius 1 is 1.26 bits per heavy atom. The molecular weight excluding hydrogens is 290 g/mol. The Morgan fingerprint density at radius 2 is 2.00 bits per heavy atom. The van der Waals surface area contributed by atoms with E-state index in [0.29, 0.717) is 6.42 Å².